The van der Waals surface area contributed by atoms with Crippen LogP contribution in [0.1, 0.15) is 30.1 Å². The van der Waals surface area contributed by atoms with Crippen molar-refractivity contribution < 1.29 is 0 Å². The molecular formula is C14H17ClN2. The van der Waals surface area contributed by atoms with Gasteiger partial charge < -0.3 is 9.88 Å². The molecule has 0 radical (unpaired) electrons. The fourth-order valence-corrected chi connectivity index (χ4v) is 3.29. The van der Waals surface area contributed by atoms with Crippen LogP contribution in [0.15, 0.2) is 18.2 Å². The highest BCUT2D eigenvalue weighted by molar-refractivity contribution is 6.31. The third-order valence-corrected chi connectivity index (χ3v) is 4.15. The van der Waals surface area contributed by atoms with Crippen molar-refractivity contribution in [3.8, 4) is 0 Å². The summed E-state index contributed by atoms with van der Waals surface area (Å²) in [5.41, 5.74) is 4.22. The zero-order valence-corrected chi connectivity index (χ0v) is 11.0. The van der Waals surface area contributed by atoms with Crippen LogP contribution in [-0.4, -0.2) is 11.6 Å². The number of hydrogen-bond donors (Lipinski definition) is 1. The van der Waals surface area contributed by atoms with Gasteiger partial charge in [-0.1, -0.05) is 11.6 Å². The lowest BCUT2D eigenvalue weighted by molar-refractivity contribution is 0.474. The highest BCUT2D eigenvalue weighted by atomic mass is 35.5. The Bertz CT molecular complexity index is 571. The van der Waals surface area contributed by atoms with Crippen LogP contribution in [-0.2, 0) is 13.5 Å². The SMILES string of the molecule is CN[C@H]1CCCc2c1n(C)c1ccc(Cl)cc21. The van der Waals surface area contributed by atoms with E-state index in [1.54, 1.807) is 0 Å². The van der Waals surface area contributed by atoms with E-state index in [4.69, 9.17) is 11.6 Å². The molecule has 3 rings (SSSR count). The number of nitrogens with zero attached hydrogens (tertiary/aromatic N) is 1. The van der Waals surface area contributed by atoms with Gasteiger partial charge in [-0.2, -0.15) is 0 Å². The second-order valence-electron chi connectivity index (χ2n) is 4.82. The molecule has 0 fully saturated rings. The number of rotatable bonds is 1. The molecule has 17 heavy (non-hydrogen) atoms. The summed E-state index contributed by atoms with van der Waals surface area (Å²) in [6, 6.07) is 6.69. The Balaban J connectivity index is 2.33. The Labute approximate surface area is 107 Å². The first-order valence-electron chi connectivity index (χ1n) is 6.16. The van der Waals surface area contributed by atoms with Crippen LogP contribution >= 0.6 is 11.6 Å². The van der Waals surface area contributed by atoms with Crippen molar-refractivity contribution in [2.24, 2.45) is 7.05 Å². The van der Waals surface area contributed by atoms with Crippen LogP contribution in [0.4, 0.5) is 0 Å². The van der Waals surface area contributed by atoms with Crippen molar-refractivity contribution >= 4 is 22.5 Å². The van der Waals surface area contributed by atoms with E-state index in [1.165, 1.54) is 41.4 Å². The molecule has 1 aromatic carbocycles. The van der Waals surface area contributed by atoms with Gasteiger partial charge in [0, 0.05) is 34.7 Å². The molecule has 0 aliphatic heterocycles. The first-order valence-corrected chi connectivity index (χ1v) is 6.54. The molecule has 1 heterocycles. The highest BCUT2D eigenvalue weighted by Crippen LogP contribution is 2.37. The maximum atomic E-state index is 6.12. The number of nitrogens with one attached hydrogen (secondary N) is 1. The molecule has 0 amide bonds. The molecule has 1 aliphatic carbocycles. The zero-order chi connectivity index (χ0) is 12.0. The van der Waals surface area contributed by atoms with Crippen molar-refractivity contribution in [3.05, 3.63) is 34.5 Å². The summed E-state index contributed by atoms with van der Waals surface area (Å²) >= 11 is 6.12. The number of hydrogen-bond acceptors (Lipinski definition) is 1. The molecule has 2 aromatic rings. The lowest BCUT2D eigenvalue weighted by Gasteiger charge is -2.24. The monoisotopic (exact) mass is 248 g/mol. The Morgan fingerprint density at radius 1 is 1.41 bits per heavy atom. The molecule has 0 spiro atoms. The molecule has 1 aromatic heterocycles. The molecule has 1 N–H and O–H groups in total. The maximum absolute atomic E-state index is 6.12. The standard InChI is InChI=1S/C14H17ClN2/c1-16-12-5-3-4-10-11-8-9(15)6-7-13(11)17(2)14(10)12/h6-8,12,16H,3-5H2,1-2H3/t12-/m0/s1. The smallest absolute Gasteiger partial charge is 0.0484 e. The molecule has 0 unspecified atom stereocenters. The van der Waals surface area contributed by atoms with Crippen molar-refractivity contribution in [2.45, 2.75) is 25.3 Å². The Morgan fingerprint density at radius 3 is 3.00 bits per heavy atom. The minimum atomic E-state index is 0.481. The van der Waals surface area contributed by atoms with Crippen LogP contribution in [0.2, 0.25) is 5.02 Å². The summed E-state index contributed by atoms with van der Waals surface area (Å²) in [5, 5.41) is 5.58. The number of fused-ring (bicyclic) bond motifs is 3. The number of aryl methyl sites for hydroxylation is 2. The average molecular weight is 249 g/mol. The van der Waals surface area contributed by atoms with Crippen molar-refractivity contribution in [2.75, 3.05) is 7.05 Å². The lowest BCUT2D eigenvalue weighted by Crippen LogP contribution is -2.23. The molecule has 0 bridgehead atoms. The predicted molar refractivity (Wildman–Crippen MR) is 72.7 cm³/mol. The van der Waals surface area contributed by atoms with Crippen LogP contribution < -0.4 is 5.32 Å². The summed E-state index contributed by atoms with van der Waals surface area (Å²) in [6.07, 6.45) is 3.65. The Kier molecular flexibility index (Phi) is 2.64. The second-order valence-corrected chi connectivity index (χ2v) is 5.25. The van der Waals surface area contributed by atoms with Gasteiger partial charge >= 0.3 is 0 Å². The summed E-state index contributed by atoms with van der Waals surface area (Å²) in [4.78, 5) is 0. The minimum Gasteiger partial charge on any atom is -0.346 e. The van der Waals surface area contributed by atoms with Gasteiger partial charge in [-0.05, 0) is 50.1 Å². The van der Waals surface area contributed by atoms with Gasteiger partial charge in [0.05, 0.1) is 0 Å². The molecule has 1 aliphatic rings. The van der Waals surface area contributed by atoms with Gasteiger partial charge in [0.2, 0.25) is 0 Å². The quantitative estimate of drug-likeness (QED) is 0.818. The Morgan fingerprint density at radius 2 is 2.24 bits per heavy atom. The van der Waals surface area contributed by atoms with Gasteiger partial charge in [0.15, 0.2) is 0 Å². The molecular weight excluding hydrogens is 232 g/mol. The number of aromatic nitrogens is 1. The van der Waals surface area contributed by atoms with Gasteiger partial charge in [-0.15, -0.1) is 0 Å². The van der Waals surface area contributed by atoms with E-state index in [2.05, 4.69) is 29.1 Å². The first kappa shape index (κ1) is 11.1. The molecule has 1 atom stereocenters. The van der Waals surface area contributed by atoms with Crippen molar-refractivity contribution in [1.82, 2.24) is 9.88 Å². The molecule has 0 saturated heterocycles. The molecule has 90 valence electrons. The van der Waals surface area contributed by atoms with E-state index in [0.717, 1.165) is 5.02 Å². The van der Waals surface area contributed by atoms with E-state index in [9.17, 15) is 0 Å². The number of halogens is 1. The molecule has 0 saturated carbocycles. The van der Waals surface area contributed by atoms with Gasteiger partial charge in [-0.3, -0.25) is 0 Å². The van der Waals surface area contributed by atoms with E-state index in [-0.39, 0.29) is 0 Å². The summed E-state index contributed by atoms with van der Waals surface area (Å²) in [6.45, 7) is 0. The van der Waals surface area contributed by atoms with Gasteiger partial charge in [0.25, 0.3) is 0 Å². The lowest BCUT2D eigenvalue weighted by atomic mass is 9.92. The highest BCUT2D eigenvalue weighted by Gasteiger charge is 2.25. The third-order valence-electron chi connectivity index (χ3n) is 3.91. The second kappa shape index (κ2) is 4.04. The van der Waals surface area contributed by atoms with E-state index in [0.29, 0.717) is 6.04 Å². The minimum absolute atomic E-state index is 0.481. The van der Waals surface area contributed by atoms with Crippen molar-refractivity contribution in [1.29, 1.82) is 0 Å². The van der Waals surface area contributed by atoms with E-state index in [1.807, 2.05) is 13.1 Å². The van der Waals surface area contributed by atoms with Gasteiger partial charge in [-0.25, -0.2) is 0 Å². The van der Waals surface area contributed by atoms with Crippen LogP contribution in [0.3, 0.4) is 0 Å². The Hall–Kier alpha value is -0.990. The van der Waals surface area contributed by atoms with Crippen LogP contribution in [0.25, 0.3) is 10.9 Å². The van der Waals surface area contributed by atoms with Crippen LogP contribution in [0, 0.1) is 0 Å². The summed E-state index contributed by atoms with van der Waals surface area (Å²) in [5.74, 6) is 0. The summed E-state index contributed by atoms with van der Waals surface area (Å²) < 4.78 is 2.32. The van der Waals surface area contributed by atoms with Crippen molar-refractivity contribution in [3.63, 3.8) is 0 Å². The fraction of sp³-hybridized carbons (Fsp3) is 0.429. The molecule has 3 heteroatoms. The molecule has 2 nitrogen and oxygen atoms in total. The van der Waals surface area contributed by atoms with E-state index >= 15 is 0 Å². The van der Waals surface area contributed by atoms with Crippen LogP contribution in [0.5, 0.6) is 0 Å². The number of benzene rings is 1. The average Bonchev–Trinajstić information content (AvgIpc) is 2.63. The topological polar surface area (TPSA) is 17.0 Å². The fourth-order valence-electron chi connectivity index (χ4n) is 3.12. The largest absolute Gasteiger partial charge is 0.346 e. The summed E-state index contributed by atoms with van der Waals surface area (Å²) in [7, 11) is 4.20. The zero-order valence-electron chi connectivity index (χ0n) is 10.3. The van der Waals surface area contributed by atoms with E-state index < -0.39 is 0 Å². The van der Waals surface area contributed by atoms with Gasteiger partial charge in [0.1, 0.15) is 0 Å². The normalized spacial score (nSPS) is 19.6. The third kappa shape index (κ3) is 1.59. The maximum Gasteiger partial charge on any atom is 0.0484 e. The first-order chi connectivity index (χ1) is 8.22. The predicted octanol–water partition coefficient (Wildman–Crippen LogP) is 3.43.